The van der Waals surface area contributed by atoms with Gasteiger partial charge in [-0.2, -0.15) is 13.2 Å². The number of anilines is 1. The van der Waals surface area contributed by atoms with Gasteiger partial charge in [0, 0.05) is 29.6 Å². The number of nitrogens with zero attached hydrogens (tertiary/aromatic N) is 5. The first-order valence-corrected chi connectivity index (χ1v) is 12.8. The van der Waals surface area contributed by atoms with E-state index in [9.17, 15) is 18.0 Å². The Hall–Kier alpha value is -3.90. The fourth-order valence-corrected chi connectivity index (χ4v) is 5.57. The number of hydrogen-bond donors (Lipinski definition) is 0. The number of ether oxygens (including phenoxy) is 2. The monoisotopic (exact) mass is 573 g/mol. The maximum Gasteiger partial charge on any atom is 0.406 e. The summed E-state index contributed by atoms with van der Waals surface area (Å²) < 4.78 is 60.3. The zero-order valence-electron chi connectivity index (χ0n) is 21.5. The van der Waals surface area contributed by atoms with Gasteiger partial charge < -0.3 is 18.5 Å². The van der Waals surface area contributed by atoms with E-state index in [2.05, 4.69) is 15.2 Å². The van der Waals surface area contributed by atoms with Gasteiger partial charge in [-0.1, -0.05) is 23.7 Å². The highest BCUT2D eigenvalue weighted by atomic mass is 35.5. The van der Waals surface area contributed by atoms with E-state index in [0.717, 1.165) is 0 Å². The van der Waals surface area contributed by atoms with E-state index in [1.54, 1.807) is 42.0 Å². The summed E-state index contributed by atoms with van der Waals surface area (Å²) >= 11 is 6.34. The highest BCUT2D eigenvalue weighted by molar-refractivity contribution is 6.32. The van der Waals surface area contributed by atoms with Crippen molar-refractivity contribution in [3.05, 3.63) is 64.9 Å². The predicted octanol–water partition coefficient (Wildman–Crippen LogP) is 5.69. The van der Waals surface area contributed by atoms with Gasteiger partial charge in [0.1, 0.15) is 12.3 Å². The third-order valence-corrected chi connectivity index (χ3v) is 7.50. The van der Waals surface area contributed by atoms with E-state index < -0.39 is 24.2 Å². The molecule has 2 aromatic heterocycles. The Bertz CT molecular complexity index is 1620. The molecule has 0 saturated heterocycles. The lowest BCUT2D eigenvalue weighted by Gasteiger charge is -2.37. The van der Waals surface area contributed by atoms with Crippen LogP contribution in [0, 0.1) is 6.92 Å². The van der Waals surface area contributed by atoms with Crippen molar-refractivity contribution in [2.45, 2.75) is 44.7 Å². The number of aromatic nitrogens is 4. The first-order valence-electron chi connectivity index (χ1n) is 12.5. The summed E-state index contributed by atoms with van der Waals surface area (Å²) in [5.41, 5.74) is -0.1000. The largest absolute Gasteiger partial charge is 0.496 e. The van der Waals surface area contributed by atoms with Crippen LogP contribution >= 0.6 is 11.6 Å². The van der Waals surface area contributed by atoms with Crippen LogP contribution in [0.5, 0.6) is 5.75 Å². The summed E-state index contributed by atoms with van der Waals surface area (Å²) in [7, 11) is 1.52. The molecule has 208 valence electrons. The molecule has 0 bridgehead atoms. The molecule has 40 heavy (non-hydrogen) atoms. The van der Waals surface area contributed by atoms with Crippen LogP contribution in [0.15, 0.2) is 47.0 Å². The summed E-state index contributed by atoms with van der Waals surface area (Å²) in [5, 5.41) is 8.88. The van der Waals surface area contributed by atoms with Gasteiger partial charge in [0.05, 0.1) is 31.2 Å². The number of hydrogen-bond acceptors (Lipinski definition) is 7. The maximum atomic E-state index is 14.0. The van der Waals surface area contributed by atoms with Crippen molar-refractivity contribution in [2.75, 3.05) is 18.6 Å². The Balaban J connectivity index is 1.44. The predicted molar refractivity (Wildman–Crippen MR) is 138 cm³/mol. The van der Waals surface area contributed by atoms with Gasteiger partial charge in [0.25, 0.3) is 5.91 Å². The van der Waals surface area contributed by atoms with E-state index in [1.807, 2.05) is 0 Å². The molecule has 13 heteroatoms. The molecule has 0 N–H and O–H groups in total. The molecule has 4 aromatic rings. The van der Waals surface area contributed by atoms with Crippen LogP contribution in [0.1, 0.15) is 30.1 Å². The molecule has 0 radical (unpaired) electrons. The van der Waals surface area contributed by atoms with Crippen molar-refractivity contribution < 1.29 is 31.9 Å². The van der Waals surface area contributed by atoms with Crippen molar-refractivity contribution >= 4 is 23.2 Å². The normalized spacial score (nSPS) is 18.9. The second-order valence-electron chi connectivity index (χ2n) is 9.62. The molecule has 1 unspecified atom stereocenters. The molecule has 1 spiro atoms. The zero-order chi connectivity index (χ0) is 28.2. The Morgan fingerprint density at radius 2 is 2.02 bits per heavy atom. The van der Waals surface area contributed by atoms with Crippen LogP contribution in [0.2, 0.25) is 5.02 Å². The van der Waals surface area contributed by atoms with E-state index in [-0.39, 0.29) is 29.6 Å². The smallest absolute Gasteiger partial charge is 0.406 e. The summed E-state index contributed by atoms with van der Waals surface area (Å²) in [6, 6.07) is 9.86. The lowest BCUT2D eigenvalue weighted by molar-refractivity contribution is -0.157. The number of carbonyl (C=O) groups excluding carboxylic acids is 1. The summed E-state index contributed by atoms with van der Waals surface area (Å²) in [5.74, 6) is 1.24. The number of alkyl halides is 3. The molecular weight excluding hydrogens is 551 g/mol. The van der Waals surface area contributed by atoms with E-state index >= 15 is 0 Å². The van der Waals surface area contributed by atoms with Crippen molar-refractivity contribution in [3.8, 4) is 28.5 Å². The fraction of sp³-hybridized carbons (Fsp3) is 0.333. The average Bonchev–Trinajstić information content (AvgIpc) is 3.54. The number of halogens is 4. The van der Waals surface area contributed by atoms with Crippen LogP contribution in [0.4, 0.5) is 18.9 Å². The van der Waals surface area contributed by atoms with Crippen LogP contribution in [0.3, 0.4) is 0 Å². The second-order valence-corrected chi connectivity index (χ2v) is 10.0. The molecule has 1 atom stereocenters. The summed E-state index contributed by atoms with van der Waals surface area (Å²) in [4.78, 5) is 18.9. The number of oxazole rings is 1. The van der Waals surface area contributed by atoms with Gasteiger partial charge in [0.2, 0.25) is 5.60 Å². The highest BCUT2D eigenvalue weighted by Crippen LogP contribution is 2.45. The number of rotatable bonds is 4. The second kappa shape index (κ2) is 9.63. The van der Waals surface area contributed by atoms with Crippen LogP contribution in [-0.2, 0) is 28.3 Å². The first kappa shape index (κ1) is 26.3. The Morgan fingerprint density at radius 3 is 2.75 bits per heavy atom. The van der Waals surface area contributed by atoms with E-state index in [4.69, 9.17) is 25.5 Å². The van der Waals surface area contributed by atoms with Gasteiger partial charge in [0.15, 0.2) is 23.3 Å². The van der Waals surface area contributed by atoms with Gasteiger partial charge >= 0.3 is 6.18 Å². The van der Waals surface area contributed by atoms with Crippen LogP contribution < -0.4 is 9.64 Å². The van der Waals surface area contributed by atoms with E-state index in [0.29, 0.717) is 57.8 Å². The topological polar surface area (TPSA) is 95.5 Å². The number of aryl methyl sites for hydroxylation is 1. The molecule has 2 aromatic carbocycles. The molecule has 1 amide bonds. The minimum atomic E-state index is -4.66. The van der Waals surface area contributed by atoms with Crippen LogP contribution in [-0.4, -0.2) is 45.5 Å². The Kier molecular flexibility index (Phi) is 6.34. The van der Waals surface area contributed by atoms with E-state index in [1.165, 1.54) is 19.2 Å². The minimum Gasteiger partial charge on any atom is -0.496 e. The van der Waals surface area contributed by atoms with Gasteiger partial charge in [-0.15, -0.1) is 10.2 Å². The quantitative estimate of drug-likeness (QED) is 0.310. The number of benzene rings is 2. The number of methoxy groups -OCH3 is 1. The average molecular weight is 574 g/mol. The minimum absolute atomic E-state index is 0.0616. The molecule has 4 heterocycles. The summed E-state index contributed by atoms with van der Waals surface area (Å²) in [6.07, 6.45) is -2.48. The number of amides is 1. The SMILES string of the molecule is COc1cc(-c2nnc3n2CCCC32OCc3c(Cl)cccc3N(CC(F)(F)F)C2=O)ccc1-c1cnc(C)o1. The lowest BCUT2D eigenvalue weighted by atomic mass is 9.91. The molecule has 0 fully saturated rings. The molecule has 2 aliphatic rings. The molecule has 0 aliphatic carbocycles. The number of fused-ring (bicyclic) bond motifs is 3. The zero-order valence-corrected chi connectivity index (χ0v) is 22.2. The van der Waals surface area contributed by atoms with Crippen molar-refractivity contribution in [1.29, 1.82) is 0 Å². The Labute approximate surface area is 231 Å². The standard InChI is InChI=1S/C27H23ClF3N5O4/c1-15-32-12-22(40-15)17-8-7-16(11-21(17)38-2)23-33-34-24-26(9-4-10-35(23)24)25(37)36(14-27(29,30)31)20-6-3-5-19(28)18(20)13-39-26/h3,5-8,11-12H,4,9-10,13-14H2,1-2H3. The first-order chi connectivity index (χ1) is 19.1. The number of carbonyl (C=O) groups is 1. The van der Waals surface area contributed by atoms with Crippen molar-refractivity contribution in [3.63, 3.8) is 0 Å². The van der Waals surface area contributed by atoms with Crippen LogP contribution in [0.25, 0.3) is 22.7 Å². The fourth-order valence-electron chi connectivity index (χ4n) is 5.35. The van der Waals surface area contributed by atoms with Crippen molar-refractivity contribution in [2.24, 2.45) is 0 Å². The molecule has 2 aliphatic heterocycles. The third-order valence-electron chi connectivity index (χ3n) is 7.14. The molecule has 9 nitrogen and oxygen atoms in total. The highest BCUT2D eigenvalue weighted by Gasteiger charge is 2.54. The maximum absolute atomic E-state index is 14.0. The van der Waals surface area contributed by atoms with Gasteiger partial charge in [-0.25, -0.2) is 4.98 Å². The van der Waals surface area contributed by atoms with Crippen molar-refractivity contribution in [1.82, 2.24) is 19.7 Å². The Morgan fingerprint density at radius 1 is 1.20 bits per heavy atom. The third kappa shape index (κ3) is 4.31. The van der Waals surface area contributed by atoms with Gasteiger partial charge in [-0.3, -0.25) is 9.69 Å². The lowest BCUT2D eigenvalue weighted by Crippen LogP contribution is -2.53. The molecular formula is C27H23ClF3N5O4. The molecule has 0 saturated carbocycles. The summed E-state index contributed by atoms with van der Waals surface area (Å²) in [6.45, 7) is 0.512. The van der Waals surface area contributed by atoms with Gasteiger partial charge in [-0.05, 0) is 37.1 Å². The molecule has 6 rings (SSSR count).